The van der Waals surface area contributed by atoms with Gasteiger partial charge in [-0.15, -0.1) is 0 Å². The molecule has 0 radical (unpaired) electrons. The SMILES string of the molecule is CCCCOC(O)(OCC1CC1)C(OC)(OC(C)C)c1ccccc1. The minimum Gasteiger partial charge on any atom is -0.343 e. The Balaban J connectivity index is 2.38. The summed E-state index contributed by atoms with van der Waals surface area (Å²) < 4.78 is 23.6. The Labute approximate surface area is 151 Å². The molecule has 0 spiro atoms. The van der Waals surface area contributed by atoms with Crippen molar-refractivity contribution in [1.29, 1.82) is 0 Å². The van der Waals surface area contributed by atoms with Gasteiger partial charge in [-0.25, -0.2) is 0 Å². The molecular weight excluding hydrogens is 320 g/mol. The molecule has 142 valence electrons. The van der Waals surface area contributed by atoms with Crippen LogP contribution >= 0.6 is 0 Å². The molecule has 1 aliphatic carbocycles. The average molecular weight is 352 g/mol. The minimum atomic E-state index is -2.02. The maximum atomic E-state index is 11.4. The zero-order valence-corrected chi connectivity index (χ0v) is 15.9. The van der Waals surface area contributed by atoms with Crippen LogP contribution in [0.1, 0.15) is 52.0 Å². The second kappa shape index (κ2) is 9.10. The van der Waals surface area contributed by atoms with Crippen LogP contribution in [0, 0.1) is 5.92 Å². The molecule has 1 saturated carbocycles. The van der Waals surface area contributed by atoms with E-state index in [1.54, 1.807) is 0 Å². The first-order valence-corrected chi connectivity index (χ1v) is 9.26. The van der Waals surface area contributed by atoms with E-state index in [1.807, 2.05) is 44.2 Å². The highest BCUT2D eigenvalue weighted by Gasteiger charge is 2.58. The summed E-state index contributed by atoms with van der Waals surface area (Å²) in [5, 5.41) is 11.4. The van der Waals surface area contributed by atoms with Gasteiger partial charge in [-0.2, -0.15) is 0 Å². The number of benzene rings is 1. The highest BCUT2D eigenvalue weighted by molar-refractivity contribution is 5.22. The van der Waals surface area contributed by atoms with Crippen LogP contribution in [-0.2, 0) is 24.7 Å². The van der Waals surface area contributed by atoms with Gasteiger partial charge in [0.25, 0.3) is 5.79 Å². The molecule has 0 aliphatic heterocycles. The normalized spacial score (nSPS) is 19.6. The molecule has 0 aromatic heterocycles. The number of hydrogen-bond acceptors (Lipinski definition) is 5. The fourth-order valence-electron chi connectivity index (χ4n) is 2.71. The zero-order valence-electron chi connectivity index (χ0n) is 15.9. The van der Waals surface area contributed by atoms with Gasteiger partial charge in [-0.05, 0) is 39.0 Å². The minimum absolute atomic E-state index is 0.203. The Bertz CT molecular complexity index is 502. The van der Waals surface area contributed by atoms with Gasteiger partial charge in [-0.3, -0.25) is 0 Å². The lowest BCUT2D eigenvalue weighted by atomic mass is 10.0. The molecule has 2 rings (SSSR count). The molecule has 0 saturated heterocycles. The largest absolute Gasteiger partial charge is 0.343 e. The Morgan fingerprint density at radius 3 is 2.36 bits per heavy atom. The monoisotopic (exact) mass is 352 g/mol. The van der Waals surface area contributed by atoms with Crippen molar-refractivity contribution in [2.45, 2.75) is 64.3 Å². The fourth-order valence-corrected chi connectivity index (χ4v) is 2.71. The third-order valence-corrected chi connectivity index (χ3v) is 4.27. The molecule has 1 aromatic rings. The molecule has 1 aliphatic rings. The van der Waals surface area contributed by atoms with Crippen LogP contribution in [-0.4, -0.2) is 37.5 Å². The number of aliphatic hydroxyl groups is 1. The summed E-state index contributed by atoms with van der Waals surface area (Å²) in [7, 11) is 1.50. The number of hydrogen-bond donors (Lipinski definition) is 1. The first kappa shape index (κ1) is 20.3. The predicted octanol–water partition coefficient (Wildman–Crippen LogP) is 3.80. The smallest absolute Gasteiger partial charge is 0.343 e. The van der Waals surface area contributed by atoms with Gasteiger partial charge in [0.2, 0.25) is 0 Å². The Hall–Kier alpha value is -0.980. The van der Waals surface area contributed by atoms with E-state index < -0.39 is 11.8 Å². The Morgan fingerprint density at radius 2 is 1.84 bits per heavy atom. The summed E-state index contributed by atoms with van der Waals surface area (Å²) in [6.45, 7) is 6.63. The maximum absolute atomic E-state index is 11.4. The van der Waals surface area contributed by atoms with Crippen LogP contribution in [0.2, 0.25) is 0 Å². The number of methoxy groups -OCH3 is 1. The maximum Gasteiger partial charge on any atom is 0.343 e. The molecule has 1 N–H and O–H groups in total. The first-order chi connectivity index (χ1) is 12.0. The van der Waals surface area contributed by atoms with Gasteiger partial charge in [0.05, 0.1) is 19.3 Å². The van der Waals surface area contributed by atoms with Crippen molar-refractivity contribution in [3.05, 3.63) is 35.9 Å². The quantitative estimate of drug-likeness (QED) is 0.458. The second-order valence-corrected chi connectivity index (χ2v) is 6.89. The zero-order chi connectivity index (χ0) is 18.3. The van der Waals surface area contributed by atoms with Crippen LogP contribution in [0.15, 0.2) is 30.3 Å². The number of rotatable bonds is 12. The molecule has 2 unspecified atom stereocenters. The Kier molecular flexibility index (Phi) is 7.40. The van der Waals surface area contributed by atoms with E-state index in [0.717, 1.165) is 25.7 Å². The molecule has 1 fully saturated rings. The second-order valence-electron chi connectivity index (χ2n) is 6.89. The molecule has 2 atom stereocenters. The summed E-state index contributed by atoms with van der Waals surface area (Å²) in [5.74, 6) is -3.12. The topological polar surface area (TPSA) is 57.2 Å². The van der Waals surface area contributed by atoms with E-state index in [4.69, 9.17) is 18.9 Å². The van der Waals surface area contributed by atoms with Gasteiger partial charge in [0.15, 0.2) is 0 Å². The van der Waals surface area contributed by atoms with Crippen molar-refractivity contribution in [3.8, 4) is 0 Å². The van der Waals surface area contributed by atoms with Crippen LogP contribution in [0.5, 0.6) is 0 Å². The summed E-state index contributed by atoms with van der Waals surface area (Å²) in [5.41, 5.74) is 0.654. The van der Waals surface area contributed by atoms with Crippen molar-refractivity contribution in [3.63, 3.8) is 0 Å². The lowest BCUT2D eigenvalue weighted by Crippen LogP contribution is -2.59. The summed E-state index contributed by atoms with van der Waals surface area (Å²) in [4.78, 5) is 0. The lowest BCUT2D eigenvalue weighted by molar-refractivity contribution is -0.497. The van der Waals surface area contributed by atoms with Gasteiger partial charge in [-0.1, -0.05) is 43.7 Å². The molecule has 0 heterocycles. The van der Waals surface area contributed by atoms with Crippen molar-refractivity contribution in [2.75, 3.05) is 20.3 Å². The van der Waals surface area contributed by atoms with E-state index in [2.05, 4.69) is 6.92 Å². The molecular formula is C20H32O5. The van der Waals surface area contributed by atoms with Crippen LogP contribution in [0.25, 0.3) is 0 Å². The summed E-state index contributed by atoms with van der Waals surface area (Å²) in [6, 6.07) is 9.35. The summed E-state index contributed by atoms with van der Waals surface area (Å²) >= 11 is 0. The third kappa shape index (κ3) is 5.02. The van der Waals surface area contributed by atoms with Gasteiger partial charge < -0.3 is 24.1 Å². The third-order valence-electron chi connectivity index (χ3n) is 4.27. The lowest BCUT2D eigenvalue weighted by Gasteiger charge is -2.45. The van der Waals surface area contributed by atoms with Crippen LogP contribution < -0.4 is 0 Å². The standard InChI is InChI=1S/C20H32O5/c1-5-6-14-23-20(21,24-15-17-12-13-17)19(22-4,25-16(2)3)18-10-8-7-9-11-18/h7-11,16-17,21H,5-6,12-15H2,1-4H3. The molecule has 25 heavy (non-hydrogen) atoms. The predicted molar refractivity (Wildman–Crippen MR) is 95.8 cm³/mol. The number of unbranched alkanes of at least 4 members (excludes halogenated alkanes) is 1. The highest BCUT2D eigenvalue weighted by Crippen LogP contribution is 2.42. The first-order valence-electron chi connectivity index (χ1n) is 9.26. The van der Waals surface area contributed by atoms with E-state index in [0.29, 0.717) is 24.7 Å². The van der Waals surface area contributed by atoms with Gasteiger partial charge in [0, 0.05) is 12.7 Å². The average Bonchev–Trinajstić information content (AvgIpc) is 3.43. The van der Waals surface area contributed by atoms with E-state index in [-0.39, 0.29) is 6.10 Å². The van der Waals surface area contributed by atoms with Crippen molar-refractivity contribution in [1.82, 2.24) is 0 Å². The van der Waals surface area contributed by atoms with Crippen molar-refractivity contribution < 1.29 is 24.1 Å². The summed E-state index contributed by atoms with van der Waals surface area (Å²) in [6.07, 6.45) is 3.79. The van der Waals surface area contributed by atoms with Gasteiger partial charge >= 0.3 is 5.97 Å². The highest BCUT2D eigenvalue weighted by atomic mass is 16.9. The van der Waals surface area contributed by atoms with E-state index in [9.17, 15) is 5.11 Å². The molecule has 5 nitrogen and oxygen atoms in total. The fraction of sp³-hybridized carbons (Fsp3) is 0.700. The molecule has 0 bridgehead atoms. The van der Waals surface area contributed by atoms with E-state index in [1.165, 1.54) is 7.11 Å². The number of ether oxygens (including phenoxy) is 4. The van der Waals surface area contributed by atoms with Gasteiger partial charge in [0.1, 0.15) is 0 Å². The van der Waals surface area contributed by atoms with Crippen LogP contribution in [0.3, 0.4) is 0 Å². The van der Waals surface area contributed by atoms with Crippen molar-refractivity contribution in [2.24, 2.45) is 5.92 Å². The molecule has 1 aromatic carbocycles. The van der Waals surface area contributed by atoms with Crippen molar-refractivity contribution >= 4 is 0 Å². The molecule has 0 amide bonds. The molecule has 5 heteroatoms. The van der Waals surface area contributed by atoms with E-state index >= 15 is 0 Å². The Morgan fingerprint density at radius 1 is 1.16 bits per heavy atom. The van der Waals surface area contributed by atoms with Crippen LogP contribution in [0.4, 0.5) is 0 Å².